The first kappa shape index (κ1) is 16.0. The van der Waals surface area contributed by atoms with Gasteiger partial charge in [0.2, 0.25) is 0 Å². The van der Waals surface area contributed by atoms with Crippen LogP contribution < -0.4 is 0 Å². The van der Waals surface area contributed by atoms with Crippen LogP contribution in [-0.4, -0.2) is 29.7 Å². The summed E-state index contributed by atoms with van der Waals surface area (Å²) < 4.78 is 11.8. The minimum atomic E-state index is -0.625. The fourth-order valence-electron chi connectivity index (χ4n) is 2.13. The third-order valence-electron chi connectivity index (χ3n) is 3.08. The van der Waals surface area contributed by atoms with E-state index in [9.17, 15) is 0 Å². The molecule has 0 aromatic heterocycles. The first-order chi connectivity index (χ1) is 9.79. The highest BCUT2D eigenvalue weighted by Gasteiger charge is 2.30. The van der Waals surface area contributed by atoms with Crippen molar-refractivity contribution in [2.75, 3.05) is 23.9 Å². The molecule has 1 aromatic carbocycles. The summed E-state index contributed by atoms with van der Waals surface area (Å²) in [6, 6.07) is 10.4. The molecule has 0 N–H and O–H groups in total. The number of allylic oxidation sites excluding steroid dienone is 2. The molecule has 0 atom stereocenters. The summed E-state index contributed by atoms with van der Waals surface area (Å²) in [5, 5.41) is 1.60. The van der Waals surface area contributed by atoms with E-state index in [1.807, 2.05) is 12.1 Å². The summed E-state index contributed by atoms with van der Waals surface area (Å²) >= 11 is 6.78. The Morgan fingerprint density at radius 2 is 1.65 bits per heavy atom. The van der Waals surface area contributed by atoms with Crippen molar-refractivity contribution in [3.8, 4) is 0 Å². The maximum absolute atomic E-state index is 5.88. The lowest BCUT2D eigenvalue weighted by atomic mass is 9.96. The van der Waals surface area contributed by atoms with Crippen molar-refractivity contribution in [1.29, 1.82) is 0 Å². The molecule has 0 saturated carbocycles. The standard InChI is InChI=1S/C16H18Br2O2/c17-10-12-19-16(20-13-11-18)8-6-15(7-9-16)14-4-2-1-3-5-14/h1-8H,9-13H2. The SMILES string of the molecule is BrCCOC1(OCCBr)C=CC(c2ccccc2)=CC1. The first-order valence-corrected chi connectivity index (χ1v) is 8.88. The lowest BCUT2D eigenvalue weighted by molar-refractivity contribution is -0.195. The number of benzene rings is 1. The Bertz CT molecular complexity index is 461. The highest BCUT2D eigenvalue weighted by molar-refractivity contribution is 9.09. The predicted octanol–water partition coefficient (Wildman–Crippen LogP) is 4.55. The van der Waals surface area contributed by atoms with Crippen LogP contribution in [0.2, 0.25) is 0 Å². The smallest absolute Gasteiger partial charge is 0.191 e. The molecule has 0 aliphatic heterocycles. The molecule has 1 aromatic rings. The molecule has 0 radical (unpaired) electrons. The number of alkyl halides is 2. The van der Waals surface area contributed by atoms with Crippen LogP contribution in [-0.2, 0) is 9.47 Å². The third-order valence-corrected chi connectivity index (χ3v) is 3.72. The van der Waals surface area contributed by atoms with Crippen LogP contribution in [0.15, 0.2) is 48.6 Å². The molecule has 108 valence electrons. The maximum Gasteiger partial charge on any atom is 0.191 e. The van der Waals surface area contributed by atoms with Crippen LogP contribution in [0, 0.1) is 0 Å². The van der Waals surface area contributed by atoms with E-state index in [0.717, 1.165) is 17.1 Å². The van der Waals surface area contributed by atoms with E-state index in [-0.39, 0.29) is 0 Å². The quantitative estimate of drug-likeness (QED) is 0.492. The summed E-state index contributed by atoms with van der Waals surface area (Å²) in [5.74, 6) is -0.625. The highest BCUT2D eigenvalue weighted by atomic mass is 79.9. The van der Waals surface area contributed by atoms with Gasteiger partial charge in [-0.15, -0.1) is 0 Å². The van der Waals surface area contributed by atoms with Crippen LogP contribution in [0.3, 0.4) is 0 Å². The van der Waals surface area contributed by atoms with Gasteiger partial charge in [-0.2, -0.15) is 0 Å². The van der Waals surface area contributed by atoms with E-state index < -0.39 is 5.79 Å². The van der Waals surface area contributed by atoms with Crippen LogP contribution in [0.5, 0.6) is 0 Å². The average Bonchev–Trinajstić information content (AvgIpc) is 2.53. The summed E-state index contributed by atoms with van der Waals surface area (Å²) in [4.78, 5) is 0. The van der Waals surface area contributed by atoms with E-state index in [1.54, 1.807) is 0 Å². The fraction of sp³-hybridized carbons (Fsp3) is 0.375. The van der Waals surface area contributed by atoms with E-state index in [0.29, 0.717) is 13.2 Å². The van der Waals surface area contributed by atoms with Gasteiger partial charge in [0.05, 0.1) is 13.2 Å². The van der Waals surface area contributed by atoms with Gasteiger partial charge in [0.15, 0.2) is 5.79 Å². The zero-order valence-electron chi connectivity index (χ0n) is 11.2. The van der Waals surface area contributed by atoms with Crippen LogP contribution in [0.25, 0.3) is 5.57 Å². The molecule has 0 heterocycles. The summed E-state index contributed by atoms with van der Waals surface area (Å²) in [6.07, 6.45) is 7.02. The van der Waals surface area contributed by atoms with Gasteiger partial charge in [0, 0.05) is 17.1 Å². The molecule has 0 saturated heterocycles. The molecule has 0 amide bonds. The zero-order valence-corrected chi connectivity index (χ0v) is 14.4. The fourth-order valence-corrected chi connectivity index (χ4v) is 2.45. The number of hydrogen-bond acceptors (Lipinski definition) is 2. The number of halogens is 2. The highest BCUT2D eigenvalue weighted by Crippen LogP contribution is 2.30. The Morgan fingerprint density at radius 3 is 2.15 bits per heavy atom. The van der Waals surface area contributed by atoms with Gasteiger partial charge in [-0.25, -0.2) is 0 Å². The topological polar surface area (TPSA) is 18.5 Å². The summed E-state index contributed by atoms with van der Waals surface area (Å²) in [6.45, 7) is 1.25. The first-order valence-electron chi connectivity index (χ1n) is 6.64. The molecule has 1 aliphatic rings. The Labute approximate surface area is 137 Å². The van der Waals surface area contributed by atoms with E-state index in [4.69, 9.17) is 9.47 Å². The Balaban J connectivity index is 2.08. The molecular formula is C16H18Br2O2. The van der Waals surface area contributed by atoms with Crippen molar-refractivity contribution in [1.82, 2.24) is 0 Å². The van der Waals surface area contributed by atoms with Crippen molar-refractivity contribution < 1.29 is 9.47 Å². The third kappa shape index (κ3) is 4.29. The number of hydrogen-bond donors (Lipinski definition) is 0. The molecular weight excluding hydrogens is 384 g/mol. The van der Waals surface area contributed by atoms with Crippen molar-refractivity contribution in [3.05, 3.63) is 54.1 Å². The molecule has 0 bridgehead atoms. The molecule has 20 heavy (non-hydrogen) atoms. The largest absolute Gasteiger partial charge is 0.345 e. The van der Waals surface area contributed by atoms with Gasteiger partial charge < -0.3 is 9.47 Å². The Morgan fingerprint density at radius 1 is 1.00 bits per heavy atom. The monoisotopic (exact) mass is 400 g/mol. The summed E-state index contributed by atoms with van der Waals surface area (Å²) in [5.41, 5.74) is 2.43. The second kappa shape index (κ2) is 8.13. The second-order valence-electron chi connectivity index (χ2n) is 4.45. The van der Waals surface area contributed by atoms with E-state index >= 15 is 0 Å². The number of rotatable bonds is 7. The van der Waals surface area contributed by atoms with Crippen LogP contribution >= 0.6 is 31.9 Å². The van der Waals surface area contributed by atoms with Crippen molar-refractivity contribution in [3.63, 3.8) is 0 Å². The van der Waals surface area contributed by atoms with Crippen LogP contribution in [0.4, 0.5) is 0 Å². The molecule has 2 rings (SSSR count). The molecule has 0 fully saturated rings. The van der Waals surface area contributed by atoms with Gasteiger partial charge in [-0.1, -0.05) is 74.3 Å². The van der Waals surface area contributed by atoms with E-state index in [1.165, 1.54) is 11.1 Å². The van der Waals surface area contributed by atoms with Crippen molar-refractivity contribution in [2.45, 2.75) is 12.2 Å². The molecule has 0 unspecified atom stereocenters. The van der Waals surface area contributed by atoms with E-state index in [2.05, 4.69) is 68.3 Å². The summed E-state index contributed by atoms with van der Waals surface area (Å²) in [7, 11) is 0. The number of ether oxygens (including phenoxy) is 2. The predicted molar refractivity (Wildman–Crippen MR) is 90.4 cm³/mol. The van der Waals surface area contributed by atoms with Gasteiger partial charge in [-0.05, 0) is 17.2 Å². The van der Waals surface area contributed by atoms with Gasteiger partial charge in [0.1, 0.15) is 0 Å². The van der Waals surface area contributed by atoms with Crippen molar-refractivity contribution >= 4 is 37.4 Å². The van der Waals surface area contributed by atoms with Crippen LogP contribution in [0.1, 0.15) is 12.0 Å². The zero-order chi connectivity index (χ0) is 14.3. The normalized spacial score (nSPS) is 17.0. The Hall–Kier alpha value is -0.420. The van der Waals surface area contributed by atoms with Crippen molar-refractivity contribution in [2.24, 2.45) is 0 Å². The van der Waals surface area contributed by atoms with Gasteiger partial charge in [-0.3, -0.25) is 0 Å². The molecule has 4 heteroatoms. The minimum Gasteiger partial charge on any atom is -0.345 e. The molecule has 0 spiro atoms. The lowest BCUT2D eigenvalue weighted by Crippen LogP contribution is -2.36. The minimum absolute atomic E-state index is 0.625. The van der Waals surface area contributed by atoms with Gasteiger partial charge >= 0.3 is 0 Å². The Kier molecular flexibility index (Phi) is 6.49. The average molecular weight is 402 g/mol. The second-order valence-corrected chi connectivity index (χ2v) is 6.04. The maximum atomic E-state index is 5.88. The lowest BCUT2D eigenvalue weighted by Gasteiger charge is -2.32. The van der Waals surface area contributed by atoms with Gasteiger partial charge in [0.25, 0.3) is 0 Å². The molecule has 1 aliphatic carbocycles. The molecule has 2 nitrogen and oxygen atoms in total.